The topological polar surface area (TPSA) is 35.6 Å². The molecule has 13 rings (SSSR count). The Kier molecular flexibility index (Phi) is 8.18. The van der Waals surface area contributed by atoms with Crippen molar-refractivity contribution in [2.45, 2.75) is 0 Å². The van der Waals surface area contributed by atoms with E-state index in [9.17, 15) is 0 Å². The van der Waals surface area contributed by atoms with Gasteiger partial charge in [0.15, 0.2) is 5.82 Å². The molecule has 3 aromatic heterocycles. The van der Waals surface area contributed by atoms with Gasteiger partial charge in [0.2, 0.25) is 0 Å². The summed E-state index contributed by atoms with van der Waals surface area (Å²) in [5.41, 5.74) is 15.3. The van der Waals surface area contributed by atoms with Crippen LogP contribution in [0.4, 0.5) is 0 Å². The number of nitrogens with zero attached hydrogens (tertiary/aromatic N) is 4. The van der Waals surface area contributed by atoms with Crippen LogP contribution in [0.1, 0.15) is 0 Å². The van der Waals surface area contributed by atoms with Gasteiger partial charge in [-0.2, -0.15) is 0 Å². The van der Waals surface area contributed by atoms with Gasteiger partial charge in [-0.05, 0) is 87.6 Å². The van der Waals surface area contributed by atoms with Crippen LogP contribution >= 0.6 is 0 Å². The average Bonchev–Trinajstić information content (AvgIpc) is 3.90. The molecule has 0 radical (unpaired) electrons. The lowest BCUT2D eigenvalue weighted by molar-refractivity contribution is 1.17. The fourth-order valence-corrected chi connectivity index (χ4v) is 9.97. The summed E-state index contributed by atoms with van der Waals surface area (Å²) in [4.78, 5) is 10.7. The van der Waals surface area contributed by atoms with Crippen LogP contribution in [0.2, 0.25) is 0 Å². The molecule has 0 bridgehead atoms. The highest BCUT2D eigenvalue weighted by Crippen LogP contribution is 2.44. The van der Waals surface area contributed by atoms with Crippen LogP contribution in [-0.4, -0.2) is 19.1 Å². The summed E-state index contributed by atoms with van der Waals surface area (Å²) in [5.74, 6) is 0.695. The van der Waals surface area contributed by atoms with E-state index >= 15 is 0 Å². The predicted octanol–water partition coefficient (Wildman–Crippen LogP) is 15.6. The molecular formula is C60H38N4. The van der Waals surface area contributed by atoms with Gasteiger partial charge in [-0.25, -0.2) is 9.97 Å². The number of hydrogen-bond acceptors (Lipinski definition) is 2. The van der Waals surface area contributed by atoms with Crippen molar-refractivity contribution in [2.24, 2.45) is 0 Å². The van der Waals surface area contributed by atoms with Crippen molar-refractivity contribution in [1.82, 2.24) is 19.1 Å². The van der Waals surface area contributed by atoms with E-state index in [1.807, 2.05) is 6.07 Å². The van der Waals surface area contributed by atoms with Crippen LogP contribution in [0.3, 0.4) is 0 Å². The fraction of sp³-hybridized carbons (Fsp3) is 0. The molecule has 0 amide bonds. The molecule has 0 unspecified atom stereocenters. The molecule has 10 aromatic carbocycles. The largest absolute Gasteiger partial charge is 0.309 e. The molecule has 13 aromatic rings. The van der Waals surface area contributed by atoms with E-state index in [4.69, 9.17) is 9.97 Å². The lowest BCUT2D eigenvalue weighted by Crippen LogP contribution is -1.99. The van der Waals surface area contributed by atoms with E-state index in [1.165, 1.54) is 48.9 Å². The van der Waals surface area contributed by atoms with Gasteiger partial charge in [-0.1, -0.05) is 176 Å². The highest BCUT2D eigenvalue weighted by molar-refractivity contribution is 6.30. The van der Waals surface area contributed by atoms with Crippen LogP contribution in [0.15, 0.2) is 231 Å². The zero-order valence-corrected chi connectivity index (χ0v) is 34.7. The van der Waals surface area contributed by atoms with Gasteiger partial charge >= 0.3 is 0 Å². The minimum atomic E-state index is 0.695. The van der Waals surface area contributed by atoms with Crippen LogP contribution in [-0.2, 0) is 0 Å². The van der Waals surface area contributed by atoms with Crippen molar-refractivity contribution in [3.63, 3.8) is 0 Å². The highest BCUT2D eigenvalue weighted by Gasteiger charge is 2.23. The smallest absolute Gasteiger partial charge is 0.160 e. The molecule has 0 aliphatic carbocycles. The molecule has 0 aliphatic rings. The summed E-state index contributed by atoms with van der Waals surface area (Å²) in [7, 11) is 0. The molecule has 3 heterocycles. The summed E-state index contributed by atoms with van der Waals surface area (Å²) >= 11 is 0. The second kappa shape index (κ2) is 14.5. The molecule has 64 heavy (non-hydrogen) atoms. The maximum absolute atomic E-state index is 5.44. The molecule has 0 aliphatic heterocycles. The third kappa shape index (κ3) is 5.70. The Hall–Kier alpha value is -8.60. The molecule has 0 saturated carbocycles. The summed E-state index contributed by atoms with van der Waals surface area (Å²) < 4.78 is 4.89. The Morgan fingerprint density at radius 2 is 0.906 bits per heavy atom. The minimum Gasteiger partial charge on any atom is -0.309 e. The number of aromatic nitrogens is 4. The molecule has 0 N–H and O–H groups in total. The lowest BCUT2D eigenvalue weighted by atomic mass is 9.99. The first-order chi connectivity index (χ1) is 31.7. The maximum atomic E-state index is 5.44. The Morgan fingerprint density at radius 3 is 1.70 bits per heavy atom. The minimum absolute atomic E-state index is 0.695. The highest BCUT2D eigenvalue weighted by atomic mass is 15.0. The Balaban J connectivity index is 1.07. The van der Waals surface area contributed by atoms with Gasteiger partial charge in [0, 0.05) is 49.4 Å². The second-order valence-corrected chi connectivity index (χ2v) is 16.5. The molecule has 0 spiro atoms. The van der Waals surface area contributed by atoms with Gasteiger partial charge in [0.25, 0.3) is 0 Å². The summed E-state index contributed by atoms with van der Waals surface area (Å²) in [6.45, 7) is 0. The molecule has 0 atom stereocenters. The van der Waals surface area contributed by atoms with Crippen LogP contribution in [0, 0.1) is 0 Å². The third-order valence-electron chi connectivity index (χ3n) is 12.9. The van der Waals surface area contributed by atoms with Crippen molar-refractivity contribution in [3.05, 3.63) is 231 Å². The number of hydrogen-bond donors (Lipinski definition) is 0. The summed E-state index contributed by atoms with van der Waals surface area (Å²) in [6.07, 6.45) is 0. The van der Waals surface area contributed by atoms with Crippen LogP contribution in [0.25, 0.3) is 122 Å². The van der Waals surface area contributed by atoms with Crippen molar-refractivity contribution >= 4 is 65.3 Å². The quantitative estimate of drug-likeness (QED) is 0.168. The number of benzene rings is 10. The molecule has 0 saturated heterocycles. The van der Waals surface area contributed by atoms with Crippen molar-refractivity contribution in [3.8, 4) is 56.3 Å². The summed E-state index contributed by atoms with van der Waals surface area (Å²) in [6, 6.07) is 82.6. The van der Waals surface area contributed by atoms with E-state index in [1.54, 1.807) is 0 Å². The van der Waals surface area contributed by atoms with E-state index in [2.05, 4.69) is 234 Å². The van der Waals surface area contributed by atoms with Gasteiger partial charge in [0.1, 0.15) is 0 Å². The predicted molar refractivity (Wildman–Crippen MR) is 267 cm³/mol. The number of para-hydroxylation sites is 2. The SMILES string of the molecule is c1ccc(-c2ccc(-c3nc(-c4cccc(-c5ccccc5)c4)c4cc(-n5c6ccccc6c6c5ccc5c7c8ccccc8ccc7n(-c7ccccc7)c56)ccc4n3)cc2)cc1. The standard InChI is InChI=1S/C60H38N4/c1-4-15-39(16-5-1)41-27-29-43(30-28-41)60-61-52-34-32-47(38-51(52)58(62-60)45-21-14-20-44(37-45)40-17-6-2-7-18-40)63-53-26-13-12-25-49(53)57-55(63)36-33-50-56-48-24-11-10-19-42(48)31-35-54(56)64(59(50)57)46-22-8-3-9-23-46/h1-38H. The van der Waals surface area contributed by atoms with Crippen LogP contribution < -0.4 is 0 Å². The Bertz CT molecular complexity index is 3920. The Morgan fingerprint density at radius 1 is 0.297 bits per heavy atom. The number of rotatable bonds is 6. The Labute approximate surface area is 369 Å². The normalized spacial score (nSPS) is 11.8. The lowest BCUT2D eigenvalue weighted by Gasteiger charge is -2.14. The van der Waals surface area contributed by atoms with Crippen LogP contribution in [0.5, 0.6) is 0 Å². The van der Waals surface area contributed by atoms with E-state index < -0.39 is 0 Å². The van der Waals surface area contributed by atoms with E-state index in [-0.39, 0.29) is 0 Å². The molecule has 4 nitrogen and oxygen atoms in total. The summed E-state index contributed by atoms with van der Waals surface area (Å²) in [5, 5.41) is 8.42. The molecule has 4 heteroatoms. The average molecular weight is 815 g/mol. The van der Waals surface area contributed by atoms with Gasteiger partial charge in [0.05, 0.1) is 33.3 Å². The molecule has 298 valence electrons. The van der Waals surface area contributed by atoms with Gasteiger partial charge in [-0.15, -0.1) is 0 Å². The fourth-order valence-electron chi connectivity index (χ4n) is 9.97. The van der Waals surface area contributed by atoms with E-state index in [0.29, 0.717) is 5.82 Å². The van der Waals surface area contributed by atoms with Crippen molar-refractivity contribution in [1.29, 1.82) is 0 Å². The third-order valence-corrected chi connectivity index (χ3v) is 12.9. The van der Waals surface area contributed by atoms with Gasteiger partial charge < -0.3 is 9.13 Å². The monoisotopic (exact) mass is 814 g/mol. The zero-order valence-electron chi connectivity index (χ0n) is 34.7. The first-order valence-electron chi connectivity index (χ1n) is 21.8. The maximum Gasteiger partial charge on any atom is 0.160 e. The first kappa shape index (κ1) is 36.1. The molecular weight excluding hydrogens is 777 g/mol. The van der Waals surface area contributed by atoms with Gasteiger partial charge in [-0.3, -0.25) is 0 Å². The zero-order chi connectivity index (χ0) is 42.1. The first-order valence-corrected chi connectivity index (χ1v) is 21.8. The molecule has 0 fully saturated rings. The van der Waals surface area contributed by atoms with Crippen molar-refractivity contribution < 1.29 is 0 Å². The number of fused-ring (bicyclic) bond motifs is 10. The van der Waals surface area contributed by atoms with E-state index in [0.717, 1.165) is 66.8 Å². The van der Waals surface area contributed by atoms with Crippen molar-refractivity contribution in [2.75, 3.05) is 0 Å². The second-order valence-electron chi connectivity index (χ2n) is 16.5.